The lowest BCUT2D eigenvalue weighted by molar-refractivity contribution is 0.0683. The second-order valence-corrected chi connectivity index (χ2v) is 7.06. The Kier molecular flexibility index (Phi) is 5.30. The molecular weight excluding hydrogens is 362 g/mol. The van der Waals surface area contributed by atoms with Crippen LogP contribution < -0.4 is 5.32 Å². The molecule has 6 nitrogen and oxygen atoms in total. The van der Waals surface area contributed by atoms with Crippen molar-refractivity contribution in [2.24, 2.45) is 0 Å². The van der Waals surface area contributed by atoms with Gasteiger partial charge in [0.2, 0.25) is 0 Å². The van der Waals surface area contributed by atoms with Gasteiger partial charge in [0.1, 0.15) is 6.17 Å². The third kappa shape index (κ3) is 3.59. The van der Waals surface area contributed by atoms with Crippen LogP contribution in [0.2, 0.25) is 0 Å². The van der Waals surface area contributed by atoms with Crippen LogP contribution in [0.4, 0.5) is 5.69 Å². The highest BCUT2D eigenvalue weighted by molar-refractivity contribution is 6.01. The molecule has 1 aliphatic heterocycles. The van der Waals surface area contributed by atoms with Crippen molar-refractivity contribution in [3.8, 4) is 17.3 Å². The van der Waals surface area contributed by atoms with Gasteiger partial charge in [-0.25, -0.2) is 0 Å². The molecule has 1 N–H and O–H groups in total. The number of aryl methyl sites for hydroxylation is 1. The second-order valence-electron chi connectivity index (χ2n) is 7.06. The first-order valence-electron chi connectivity index (χ1n) is 9.89. The van der Waals surface area contributed by atoms with Crippen LogP contribution in [0.15, 0.2) is 60.8 Å². The lowest BCUT2D eigenvalue weighted by Crippen LogP contribution is -2.43. The Morgan fingerprint density at radius 1 is 1.10 bits per heavy atom. The lowest BCUT2D eigenvalue weighted by atomic mass is 10.0. The molecule has 1 atom stereocenters. The number of para-hydroxylation sites is 1. The summed E-state index contributed by atoms with van der Waals surface area (Å²) in [4.78, 5) is 15.1. The third-order valence-electron chi connectivity index (χ3n) is 5.07. The van der Waals surface area contributed by atoms with Crippen LogP contribution in [0.1, 0.15) is 41.9 Å². The number of anilines is 1. The zero-order chi connectivity index (χ0) is 20.2. The van der Waals surface area contributed by atoms with Gasteiger partial charge in [0.15, 0.2) is 0 Å². The summed E-state index contributed by atoms with van der Waals surface area (Å²) in [5, 5.41) is 17.3. The van der Waals surface area contributed by atoms with Gasteiger partial charge in [0, 0.05) is 29.6 Å². The van der Waals surface area contributed by atoms with Crippen molar-refractivity contribution in [3.05, 3.63) is 71.9 Å². The Morgan fingerprint density at radius 3 is 2.62 bits per heavy atom. The van der Waals surface area contributed by atoms with E-state index in [9.17, 15) is 4.79 Å². The van der Waals surface area contributed by atoms with E-state index in [2.05, 4.69) is 18.3 Å². The number of aromatic nitrogens is 2. The van der Waals surface area contributed by atoms with Gasteiger partial charge >= 0.3 is 0 Å². The largest absolute Gasteiger partial charge is 0.361 e. The summed E-state index contributed by atoms with van der Waals surface area (Å²) in [6.45, 7) is 3.23. The van der Waals surface area contributed by atoms with E-state index in [-0.39, 0.29) is 12.1 Å². The summed E-state index contributed by atoms with van der Waals surface area (Å²) >= 11 is 0. The molecule has 6 heteroatoms. The first kappa shape index (κ1) is 18.8. The van der Waals surface area contributed by atoms with E-state index in [1.807, 2.05) is 65.7 Å². The second kappa shape index (κ2) is 8.19. The van der Waals surface area contributed by atoms with Crippen LogP contribution in [-0.4, -0.2) is 27.1 Å². The summed E-state index contributed by atoms with van der Waals surface area (Å²) in [6, 6.07) is 19.7. The SMILES string of the molecule is CCCN1C(=O)c2ccccc2N[C@@H]1c1cn(CCC#N)nc1-c1ccccc1. The molecule has 0 saturated heterocycles. The number of hydrogen-bond acceptors (Lipinski definition) is 4. The van der Waals surface area contributed by atoms with Crippen molar-refractivity contribution >= 4 is 11.6 Å². The average molecular weight is 385 g/mol. The fourth-order valence-electron chi connectivity index (χ4n) is 3.75. The van der Waals surface area contributed by atoms with Crippen molar-refractivity contribution < 1.29 is 4.79 Å². The Labute approximate surface area is 170 Å². The van der Waals surface area contributed by atoms with Gasteiger partial charge in [-0.1, -0.05) is 49.4 Å². The van der Waals surface area contributed by atoms with Crippen LogP contribution in [-0.2, 0) is 6.54 Å². The summed E-state index contributed by atoms with van der Waals surface area (Å²) in [5.41, 5.74) is 4.27. The fourth-order valence-corrected chi connectivity index (χ4v) is 3.75. The molecule has 1 amide bonds. The highest BCUT2D eigenvalue weighted by Gasteiger charge is 2.34. The molecule has 146 valence electrons. The van der Waals surface area contributed by atoms with Gasteiger partial charge < -0.3 is 10.2 Å². The van der Waals surface area contributed by atoms with Crippen molar-refractivity contribution in [2.75, 3.05) is 11.9 Å². The molecule has 0 radical (unpaired) electrons. The number of nitriles is 1. The molecule has 0 unspecified atom stereocenters. The minimum absolute atomic E-state index is 0.0231. The minimum atomic E-state index is -0.316. The molecule has 4 rings (SSSR count). The van der Waals surface area contributed by atoms with Crippen LogP contribution in [0.5, 0.6) is 0 Å². The van der Waals surface area contributed by atoms with Crippen molar-refractivity contribution in [1.29, 1.82) is 5.26 Å². The molecule has 0 aliphatic carbocycles. The maximum Gasteiger partial charge on any atom is 0.257 e. The van der Waals surface area contributed by atoms with E-state index in [1.165, 1.54) is 0 Å². The van der Waals surface area contributed by atoms with Gasteiger partial charge in [-0.2, -0.15) is 10.4 Å². The minimum Gasteiger partial charge on any atom is -0.361 e. The number of benzene rings is 2. The number of rotatable bonds is 6. The van der Waals surface area contributed by atoms with E-state index in [4.69, 9.17) is 10.4 Å². The van der Waals surface area contributed by atoms with Crippen molar-refractivity contribution in [2.45, 2.75) is 32.5 Å². The quantitative estimate of drug-likeness (QED) is 0.681. The number of carbonyl (C=O) groups excluding carboxylic acids is 1. The molecule has 0 saturated carbocycles. The van der Waals surface area contributed by atoms with Crippen LogP contribution in [0.3, 0.4) is 0 Å². The van der Waals surface area contributed by atoms with Crippen molar-refractivity contribution in [1.82, 2.24) is 14.7 Å². The summed E-state index contributed by atoms with van der Waals surface area (Å²) in [6.07, 6.45) is 2.88. The zero-order valence-corrected chi connectivity index (χ0v) is 16.4. The van der Waals surface area contributed by atoms with Gasteiger partial charge in [0.25, 0.3) is 5.91 Å². The van der Waals surface area contributed by atoms with E-state index < -0.39 is 0 Å². The standard InChI is InChI=1S/C23H23N5O/c1-2-14-28-22(25-20-12-7-6-11-18(20)23(28)29)19-16-27(15-8-13-24)26-21(19)17-9-4-3-5-10-17/h3-7,9-12,16,22,25H,2,8,14-15H2,1H3/t22-/m0/s1. The Morgan fingerprint density at radius 2 is 1.86 bits per heavy atom. The maximum atomic E-state index is 13.2. The molecule has 29 heavy (non-hydrogen) atoms. The summed E-state index contributed by atoms with van der Waals surface area (Å²) < 4.78 is 1.80. The predicted octanol–water partition coefficient (Wildman–Crippen LogP) is 4.44. The Hall–Kier alpha value is -3.59. The number of fused-ring (bicyclic) bond motifs is 1. The highest BCUT2D eigenvalue weighted by Crippen LogP contribution is 2.37. The number of nitrogens with one attached hydrogen (secondary N) is 1. The van der Waals surface area contributed by atoms with Crippen LogP contribution >= 0.6 is 0 Å². The number of carbonyl (C=O) groups is 1. The van der Waals surface area contributed by atoms with Gasteiger partial charge in [0.05, 0.1) is 30.3 Å². The predicted molar refractivity (Wildman–Crippen MR) is 112 cm³/mol. The number of amides is 1. The summed E-state index contributed by atoms with van der Waals surface area (Å²) in [7, 11) is 0. The van der Waals surface area contributed by atoms with Crippen molar-refractivity contribution in [3.63, 3.8) is 0 Å². The number of nitrogens with zero attached hydrogens (tertiary/aromatic N) is 4. The maximum absolute atomic E-state index is 13.2. The average Bonchev–Trinajstić information content (AvgIpc) is 3.19. The molecule has 0 fully saturated rings. The molecule has 3 aromatic rings. The Bertz CT molecular complexity index is 1050. The van der Waals surface area contributed by atoms with E-state index >= 15 is 0 Å². The molecule has 1 aliphatic rings. The normalized spacial score (nSPS) is 15.5. The molecule has 1 aromatic heterocycles. The molecule has 0 spiro atoms. The fraction of sp³-hybridized carbons (Fsp3) is 0.261. The number of hydrogen-bond donors (Lipinski definition) is 1. The first-order valence-corrected chi connectivity index (χ1v) is 9.89. The van der Waals surface area contributed by atoms with E-state index in [0.29, 0.717) is 25.1 Å². The third-order valence-corrected chi connectivity index (χ3v) is 5.07. The zero-order valence-electron chi connectivity index (χ0n) is 16.4. The van der Waals surface area contributed by atoms with Gasteiger partial charge in [-0.15, -0.1) is 0 Å². The highest BCUT2D eigenvalue weighted by atomic mass is 16.2. The van der Waals surface area contributed by atoms with Crippen LogP contribution in [0, 0.1) is 11.3 Å². The monoisotopic (exact) mass is 385 g/mol. The molecule has 2 heterocycles. The molecular formula is C23H23N5O. The molecule has 2 aromatic carbocycles. The smallest absolute Gasteiger partial charge is 0.257 e. The van der Waals surface area contributed by atoms with E-state index in [0.717, 1.165) is 28.9 Å². The first-order chi connectivity index (χ1) is 14.2. The lowest BCUT2D eigenvalue weighted by Gasteiger charge is -2.37. The summed E-state index contributed by atoms with van der Waals surface area (Å²) in [5.74, 6) is 0.0231. The van der Waals surface area contributed by atoms with Gasteiger partial charge in [-0.3, -0.25) is 9.48 Å². The van der Waals surface area contributed by atoms with E-state index in [1.54, 1.807) is 4.68 Å². The van der Waals surface area contributed by atoms with Crippen LogP contribution in [0.25, 0.3) is 11.3 Å². The van der Waals surface area contributed by atoms with Gasteiger partial charge in [-0.05, 0) is 18.6 Å². The Balaban J connectivity index is 1.82. The molecule has 0 bridgehead atoms. The topological polar surface area (TPSA) is 74.0 Å².